The lowest BCUT2D eigenvalue weighted by atomic mass is 9.73. The van der Waals surface area contributed by atoms with E-state index in [9.17, 15) is 0 Å². The Labute approximate surface area is 197 Å². The third-order valence-corrected chi connectivity index (χ3v) is 7.55. The molecule has 2 atom stereocenters. The zero-order valence-corrected chi connectivity index (χ0v) is 20.4. The fraction of sp³-hybridized carbons (Fsp3) is 0.400. The van der Waals surface area contributed by atoms with Crippen LogP contribution in [-0.4, -0.2) is 49.0 Å². The molecule has 3 aromatic rings. The summed E-state index contributed by atoms with van der Waals surface area (Å²) >= 11 is 2.36. The topological polar surface area (TPSA) is 39.5 Å². The first-order valence-corrected chi connectivity index (χ1v) is 12.0. The molecule has 5 nitrogen and oxygen atoms in total. The summed E-state index contributed by atoms with van der Waals surface area (Å²) in [4.78, 5) is 2.46. The summed E-state index contributed by atoms with van der Waals surface area (Å²) in [6.07, 6.45) is 3.52. The number of hydrogen-bond acceptors (Lipinski definition) is 4. The first-order valence-electron chi connectivity index (χ1n) is 10.9. The predicted molar refractivity (Wildman–Crippen MR) is 131 cm³/mol. The number of nitrogens with zero attached hydrogens (tertiary/aromatic N) is 3. The Morgan fingerprint density at radius 1 is 1.00 bits per heavy atom. The lowest BCUT2D eigenvalue weighted by Gasteiger charge is -2.40. The summed E-state index contributed by atoms with van der Waals surface area (Å²) in [5, 5.41) is 5.23. The molecule has 2 heterocycles. The number of fused-ring (bicyclic) bond motifs is 3. The molecule has 1 aliphatic carbocycles. The first kappa shape index (κ1) is 20.8. The summed E-state index contributed by atoms with van der Waals surface area (Å²) in [6, 6.07) is 14.6. The molecule has 2 unspecified atom stereocenters. The Balaban J connectivity index is 1.76. The van der Waals surface area contributed by atoms with E-state index in [-0.39, 0.29) is 0 Å². The standard InChI is InChI=1S/C25H28IN3O2/c1-28-14-13-16-7-12-19-24(23-21(30-2)5-4-6-22(23)31-3)27-29(25(19)20(16)15-28)18-10-8-17(26)9-11-18/h4-6,8-11,16,20H,7,12-15H2,1-3H3. The average molecular weight is 529 g/mol. The van der Waals surface area contributed by atoms with Crippen molar-refractivity contribution in [2.75, 3.05) is 34.4 Å². The van der Waals surface area contributed by atoms with E-state index in [1.54, 1.807) is 14.2 Å². The van der Waals surface area contributed by atoms with Crippen molar-refractivity contribution < 1.29 is 9.47 Å². The zero-order valence-electron chi connectivity index (χ0n) is 18.3. The van der Waals surface area contributed by atoms with Gasteiger partial charge in [0.25, 0.3) is 0 Å². The van der Waals surface area contributed by atoms with Gasteiger partial charge in [-0.15, -0.1) is 0 Å². The van der Waals surface area contributed by atoms with Gasteiger partial charge in [0.15, 0.2) is 0 Å². The van der Waals surface area contributed by atoms with E-state index < -0.39 is 0 Å². The number of piperidine rings is 1. The highest BCUT2D eigenvalue weighted by atomic mass is 127. The van der Waals surface area contributed by atoms with Gasteiger partial charge in [-0.05, 0) is 97.8 Å². The minimum atomic E-state index is 0.490. The molecule has 6 heteroatoms. The van der Waals surface area contributed by atoms with Crippen molar-refractivity contribution in [2.24, 2.45) is 5.92 Å². The molecule has 2 aromatic carbocycles. The lowest BCUT2D eigenvalue weighted by molar-refractivity contribution is 0.170. The van der Waals surface area contributed by atoms with Gasteiger partial charge in [-0.3, -0.25) is 0 Å². The molecule has 1 fully saturated rings. The number of halogens is 1. The third kappa shape index (κ3) is 3.63. The van der Waals surface area contributed by atoms with Gasteiger partial charge in [0, 0.05) is 21.6 Å². The van der Waals surface area contributed by atoms with Crippen LogP contribution in [0, 0.1) is 9.49 Å². The van der Waals surface area contributed by atoms with E-state index in [1.807, 2.05) is 18.2 Å². The first-order chi connectivity index (χ1) is 15.1. The van der Waals surface area contributed by atoms with Crippen molar-refractivity contribution in [3.8, 4) is 28.4 Å². The highest BCUT2D eigenvalue weighted by Gasteiger charge is 2.39. The molecule has 0 amide bonds. The monoisotopic (exact) mass is 529 g/mol. The van der Waals surface area contributed by atoms with Crippen LogP contribution in [0.3, 0.4) is 0 Å². The van der Waals surface area contributed by atoms with Crippen molar-refractivity contribution in [3.05, 3.63) is 57.3 Å². The number of likely N-dealkylation sites (N-methyl/N-ethyl adjacent to an activating group) is 1. The second-order valence-corrected chi connectivity index (χ2v) is 9.84. The molecule has 0 N–H and O–H groups in total. The summed E-state index contributed by atoms with van der Waals surface area (Å²) in [6.45, 7) is 2.26. The molecule has 1 aliphatic heterocycles. The number of hydrogen-bond donors (Lipinski definition) is 0. The van der Waals surface area contributed by atoms with Crippen LogP contribution in [0.2, 0.25) is 0 Å². The van der Waals surface area contributed by atoms with Crippen molar-refractivity contribution in [2.45, 2.75) is 25.2 Å². The second kappa shape index (κ2) is 8.47. The fourth-order valence-electron chi connectivity index (χ4n) is 5.30. The van der Waals surface area contributed by atoms with Crippen molar-refractivity contribution >= 4 is 22.6 Å². The van der Waals surface area contributed by atoms with E-state index in [0.29, 0.717) is 5.92 Å². The van der Waals surface area contributed by atoms with Gasteiger partial charge in [0.05, 0.1) is 31.2 Å². The number of aromatic nitrogens is 2. The zero-order chi connectivity index (χ0) is 21.5. The molecule has 31 heavy (non-hydrogen) atoms. The minimum Gasteiger partial charge on any atom is -0.496 e. The Hall–Kier alpha value is -2.06. The largest absolute Gasteiger partial charge is 0.496 e. The summed E-state index contributed by atoms with van der Waals surface area (Å²) in [5.41, 5.74) is 5.78. The third-order valence-electron chi connectivity index (χ3n) is 6.83. The van der Waals surface area contributed by atoms with E-state index in [4.69, 9.17) is 14.6 Å². The summed E-state index contributed by atoms with van der Waals surface area (Å²) in [5.74, 6) is 2.81. The maximum atomic E-state index is 5.75. The van der Waals surface area contributed by atoms with Gasteiger partial charge in [-0.2, -0.15) is 5.10 Å². The van der Waals surface area contributed by atoms with Crippen LogP contribution in [0.25, 0.3) is 16.9 Å². The number of methoxy groups -OCH3 is 2. The van der Waals surface area contributed by atoms with Crippen LogP contribution in [0.15, 0.2) is 42.5 Å². The smallest absolute Gasteiger partial charge is 0.132 e. The van der Waals surface area contributed by atoms with Crippen molar-refractivity contribution in [1.29, 1.82) is 0 Å². The van der Waals surface area contributed by atoms with E-state index >= 15 is 0 Å². The van der Waals surface area contributed by atoms with Crippen LogP contribution in [-0.2, 0) is 6.42 Å². The number of benzene rings is 2. The van der Waals surface area contributed by atoms with Crippen molar-refractivity contribution in [3.63, 3.8) is 0 Å². The van der Waals surface area contributed by atoms with Crippen LogP contribution in [0.1, 0.15) is 30.0 Å². The SMILES string of the molecule is COc1cccc(OC)c1-c1nn(-c2ccc(I)cc2)c2c1CCC1CCN(C)CC21. The van der Waals surface area contributed by atoms with Gasteiger partial charge < -0.3 is 14.4 Å². The van der Waals surface area contributed by atoms with E-state index in [1.165, 1.54) is 34.2 Å². The molecule has 0 bridgehead atoms. The summed E-state index contributed by atoms with van der Waals surface area (Å²) in [7, 11) is 5.67. The Kier molecular flexibility index (Phi) is 5.69. The molecule has 162 valence electrons. The number of ether oxygens (including phenoxy) is 2. The van der Waals surface area contributed by atoms with E-state index in [2.05, 4.69) is 63.5 Å². The molecular weight excluding hydrogens is 501 g/mol. The maximum Gasteiger partial charge on any atom is 0.132 e. The predicted octanol–water partition coefficient (Wildman–Crippen LogP) is 5.14. The Bertz CT molecular complexity index is 1070. The number of rotatable bonds is 4. The molecular formula is C25H28IN3O2. The van der Waals surface area contributed by atoms with Gasteiger partial charge in [0.1, 0.15) is 17.2 Å². The molecule has 1 aromatic heterocycles. The molecule has 5 rings (SSSR count). The highest BCUT2D eigenvalue weighted by molar-refractivity contribution is 14.1. The fourth-order valence-corrected chi connectivity index (χ4v) is 5.66. The lowest BCUT2D eigenvalue weighted by Crippen LogP contribution is -2.39. The quantitative estimate of drug-likeness (QED) is 0.439. The Morgan fingerprint density at radius 2 is 1.71 bits per heavy atom. The molecule has 0 radical (unpaired) electrons. The van der Waals surface area contributed by atoms with Crippen molar-refractivity contribution in [1.82, 2.24) is 14.7 Å². The molecule has 0 spiro atoms. The van der Waals surface area contributed by atoms with Gasteiger partial charge in [0.2, 0.25) is 0 Å². The normalized spacial score (nSPS) is 20.8. The van der Waals surface area contributed by atoms with Crippen LogP contribution < -0.4 is 9.47 Å². The van der Waals surface area contributed by atoms with Crippen LogP contribution >= 0.6 is 22.6 Å². The van der Waals surface area contributed by atoms with Gasteiger partial charge in [-0.1, -0.05) is 6.07 Å². The number of likely N-dealkylation sites (tertiary alicyclic amines) is 1. The molecule has 1 saturated heterocycles. The highest BCUT2D eigenvalue weighted by Crippen LogP contribution is 2.48. The Morgan fingerprint density at radius 3 is 2.39 bits per heavy atom. The average Bonchev–Trinajstić information content (AvgIpc) is 3.18. The van der Waals surface area contributed by atoms with Crippen LogP contribution in [0.4, 0.5) is 0 Å². The van der Waals surface area contributed by atoms with E-state index in [0.717, 1.165) is 47.3 Å². The van der Waals surface area contributed by atoms with Crippen LogP contribution in [0.5, 0.6) is 11.5 Å². The minimum absolute atomic E-state index is 0.490. The van der Waals surface area contributed by atoms with Gasteiger partial charge in [-0.25, -0.2) is 4.68 Å². The maximum absolute atomic E-state index is 5.75. The molecule has 0 saturated carbocycles. The second-order valence-electron chi connectivity index (χ2n) is 8.59. The van der Waals surface area contributed by atoms with Gasteiger partial charge >= 0.3 is 0 Å². The molecule has 2 aliphatic rings. The summed E-state index contributed by atoms with van der Waals surface area (Å²) < 4.78 is 14.9.